The SMILES string of the molecule is C[C@@H]1CN(C[C@@H](O)c2ccccc2)C[C@H](c2ccsc2)O1. The number of ether oxygens (including phenoxy) is 1. The van der Waals surface area contributed by atoms with Gasteiger partial charge in [0.2, 0.25) is 0 Å². The lowest BCUT2D eigenvalue weighted by Crippen LogP contribution is -2.44. The fourth-order valence-corrected chi connectivity index (χ4v) is 3.56. The molecule has 2 heterocycles. The molecule has 0 radical (unpaired) electrons. The summed E-state index contributed by atoms with van der Waals surface area (Å²) in [6.07, 6.45) is -0.144. The summed E-state index contributed by atoms with van der Waals surface area (Å²) >= 11 is 1.70. The number of rotatable bonds is 4. The molecular weight excluding hydrogens is 282 g/mol. The zero-order valence-corrected chi connectivity index (χ0v) is 13.0. The summed E-state index contributed by atoms with van der Waals surface area (Å²) in [4.78, 5) is 2.30. The zero-order valence-electron chi connectivity index (χ0n) is 12.2. The third-order valence-electron chi connectivity index (χ3n) is 3.87. The van der Waals surface area contributed by atoms with Crippen molar-refractivity contribution in [3.05, 3.63) is 58.3 Å². The number of hydrogen-bond acceptors (Lipinski definition) is 4. The summed E-state index contributed by atoms with van der Waals surface area (Å²) in [5.41, 5.74) is 2.22. The molecule has 0 bridgehead atoms. The lowest BCUT2D eigenvalue weighted by Gasteiger charge is -2.37. The van der Waals surface area contributed by atoms with Crippen LogP contribution in [0.4, 0.5) is 0 Å². The lowest BCUT2D eigenvalue weighted by atomic mass is 10.1. The van der Waals surface area contributed by atoms with Gasteiger partial charge >= 0.3 is 0 Å². The summed E-state index contributed by atoms with van der Waals surface area (Å²) in [6.45, 7) is 4.45. The minimum absolute atomic E-state index is 0.114. The molecule has 1 aliphatic heterocycles. The van der Waals surface area contributed by atoms with Gasteiger partial charge in [-0.15, -0.1) is 0 Å². The molecule has 0 saturated carbocycles. The van der Waals surface area contributed by atoms with Gasteiger partial charge in [-0.1, -0.05) is 30.3 Å². The maximum Gasteiger partial charge on any atom is 0.0964 e. The smallest absolute Gasteiger partial charge is 0.0964 e. The molecule has 1 aliphatic rings. The Morgan fingerprint density at radius 2 is 2.10 bits per heavy atom. The van der Waals surface area contributed by atoms with Crippen LogP contribution in [0, 0.1) is 0 Å². The van der Waals surface area contributed by atoms with Crippen molar-refractivity contribution in [1.29, 1.82) is 0 Å². The first kappa shape index (κ1) is 14.7. The molecule has 112 valence electrons. The van der Waals surface area contributed by atoms with Gasteiger partial charge in [-0.2, -0.15) is 11.3 Å². The average Bonchev–Trinajstić information content (AvgIpc) is 3.02. The maximum absolute atomic E-state index is 10.4. The van der Waals surface area contributed by atoms with Crippen molar-refractivity contribution in [2.45, 2.75) is 25.2 Å². The van der Waals surface area contributed by atoms with Crippen LogP contribution >= 0.6 is 11.3 Å². The summed E-state index contributed by atoms with van der Waals surface area (Å²) < 4.78 is 6.03. The molecule has 0 unspecified atom stereocenters. The van der Waals surface area contributed by atoms with Crippen LogP contribution < -0.4 is 0 Å². The Morgan fingerprint density at radius 1 is 1.29 bits per heavy atom. The van der Waals surface area contributed by atoms with Gasteiger partial charge in [0.05, 0.1) is 18.3 Å². The molecule has 2 aromatic rings. The molecule has 0 amide bonds. The number of aliphatic hydroxyl groups excluding tert-OH is 1. The Balaban J connectivity index is 1.65. The van der Waals surface area contributed by atoms with Gasteiger partial charge in [-0.3, -0.25) is 4.90 Å². The first-order valence-electron chi connectivity index (χ1n) is 7.35. The van der Waals surface area contributed by atoms with E-state index in [1.54, 1.807) is 11.3 Å². The van der Waals surface area contributed by atoms with Crippen molar-refractivity contribution in [3.8, 4) is 0 Å². The van der Waals surface area contributed by atoms with Crippen LogP contribution in [0.1, 0.15) is 30.3 Å². The van der Waals surface area contributed by atoms with Crippen LogP contribution in [0.5, 0.6) is 0 Å². The van der Waals surface area contributed by atoms with E-state index in [0.717, 1.165) is 18.7 Å². The number of aliphatic hydroxyl groups is 1. The normalized spacial score (nSPS) is 24.9. The van der Waals surface area contributed by atoms with Gasteiger partial charge in [-0.05, 0) is 34.9 Å². The van der Waals surface area contributed by atoms with Crippen LogP contribution in [0.25, 0.3) is 0 Å². The predicted octanol–water partition coefficient (Wildman–Crippen LogP) is 3.24. The molecule has 3 rings (SSSR count). The van der Waals surface area contributed by atoms with Crippen LogP contribution in [0.2, 0.25) is 0 Å². The highest BCUT2D eigenvalue weighted by molar-refractivity contribution is 7.07. The predicted molar refractivity (Wildman–Crippen MR) is 85.4 cm³/mol. The van der Waals surface area contributed by atoms with E-state index in [9.17, 15) is 5.11 Å². The van der Waals surface area contributed by atoms with E-state index in [1.807, 2.05) is 30.3 Å². The van der Waals surface area contributed by atoms with Crippen molar-refractivity contribution in [1.82, 2.24) is 4.90 Å². The molecule has 1 saturated heterocycles. The molecule has 0 spiro atoms. The molecule has 4 heteroatoms. The quantitative estimate of drug-likeness (QED) is 0.941. The molecule has 21 heavy (non-hydrogen) atoms. The summed E-state index contributed by atoms with van der Waals surface area (Å²) in [5, 5.41) is 14.6. The Bertz CT molecular complexity index is 543. The van der Waals surface area contributed by atoms with Gasteiger partial charge in [0.1, 0.15) is 0 Å². The number of thiophene rings is 1. The second kappa shape index (κ2) is 6.71. The highest BCUT2D eigenvalue weighted by Gasteiger charge is 2.28. The molecule has 1 N–H and O–H groups in total. The Morgan fingerprint density at radius 3 is 2.81 bits per heavy atom. The van der Waals surface area contributed by atoms with Gasteiger partial charge in [0.25, 0.3) is 0 Å². The first-order chi connectivity index (χ1) is 10.2. The number of β-amino-alcohol motifs (C(OH)–C–C–N with tert-alkyl or cyclic N) is 1. The van der Waals surface area contributed by atoms with E-state index in [1.165, 1.54) is 5.56 Å². The standard InChI is InChI=1S/C17H21NO2S/c1-13-9-18(10-16(19)14-5-3-2-4-6-14)11-17(20-13)15-7-8-21-12-15/h2-8,12-13,16-17,19H,9-11H2,1H3/t13-,16-,17-/m1/s1. The monoisotopic (exact) mass is 303 g/mol. The average molecular weight is 303 g/mol. The number of benzene rings is 1. The van der Waals surface area contributed by atoms with E-state index in [4.69, 9.17) is 4.74 Å². The third kappa shape index (κ3) is 3.71. The minimum atomic E-state index is -0.445. The topological polar surface area (TPSA) is 32.7 Å². The summed E-state index contributed by atoms with van der Waals surface area (Å²) in [5.74, 6) is 0. The highest BCUT2D eigenvalue weighted by Crippen LogP contribution is 2.28. The molecule has 1 aromatic heterocycles. The maximum atomic E-state index is 10.4. The van der Waals surface area contributed by atoms with Gasteiger partial charge < -0.3 is 9.84 Å². The molecule has 3 nitrogen and oxygen atoms in total. The minimum Gasteiger partial charge on any atom is -0.387 e. The Kier molecular flexibility index (Phi) is 4.70. The van der Waals surface area contributed by atoms with Crippen molar-refractivity contribution >= 4 is 11.3 Å². The van der Waals surface area contributed by atoms with E-state index >= 15 is 0 Å². The molecule has 0 aliphatic carbocycles. The number of nitrogens with zero attached hydrogens (tertiary/aromatic N) is 1. The molecular formula is C17H21NO2S. The molecule has 1 fully saturated rings. The lowest BCUT2D eigenvalue weighted by molar-refractivity contribution is -0.0868. The van der Waals surface area contributed by atoms with Gasteiger partial charge in [-0.25, -0.2) is 0 Å². The van der Waals surface area contributed by atoms with Crippen LogP contribution in [0.3, 0.4) is 0 Å². The van der Waals surface area contributed by atoms with Crippen molar-refractivity contribution in [2.24, 2.45) is 0 Å². The number of morpholine rings is 1. The van der Waals surface area contributed by atoms with Crippen molar-refractivity contribution in [2.75, 3.05) is 19.6 Å². The Labute approximate surface area is 129 Å². The zero-order chi connectivity index (χ0) is 14.7. The third-order valence-corrected chi connectivity index (χ3v) is 4.57. The van der Waals surface area contributed by atoms with Gasteiger partial charge in [0, 0.05) is 19.6 Å². The Hall–Kier alpha value is -1.20. The summed E-state index contributed by atoms with van der Waals surface area (Å²) in [6, 6.07) is 12.0. The largest absolute Gasteiger partial charge is 0.387 e. The molecule has 3 atom stereocenters. The van der Waals surface area contributed by atoms with E-state index in [0.29, 0.717) is 6.54 Å². The first-order valence-corrected chi connectivity index (χ1v) is 8.29. The second-order valence-corrected chi connectivity index (χ2v) is 6.42. The summed E-state index contributed by atoms with van der Waals surface area (Å²) in [7, 11) is 0. The molecule has 1 aromatic carbocycles. The van der Waals surface area contributed by atoms with Crippen molar-refractivity contribution in [3.63, 3.8) is 0 Å². The van der Waals surface area contributed by atoms with E-state index in [-0.39, 0.29) is 12.2 Å². The van der Waals surface area contributed by atoms with Crippen LogP contribution in [-0.4, -0.2) is 35.7 Å². The van der Waals surface area contributed by atoms with E-state index < -0.39 is 6.10 Å². The van der Waals surface area contributed by atoms with Gasteiger partial charge in [0.15, 0.2) is 0 Å². The van der Waals surface area contributed by atoms with Crippen LogP contribution in [-0.2, 0) is 4.74 Å². The fraction of sp³-hybridized carbons (Fsp3) is 0.412. The fourth-order valence-electron chi connectivity index (χ4n) is 2.86. The van der Waals surface area contributed by atoms with Crippen LogP contribution in [0.15, 0.2) is 47.2 Å². The number of hydrogen-bond donors (Lipinski definition) is 1. The van der Waals surface area contributed by atoms with E-state index in [2.05, 4.69) is 28.7 Å². The van der Waals surface area contributed by atoms with Crippen molar-refractivity contribution < 1.29 is 9.84 Å². The second-order valence-electron chi connectivity index (χ2n) is 5.64. The highest BCUT2D eigenvalue weighted by atomic mass is 32.1.